The lowest BCUT2D eigenvalue weighted by Gasteiger charge is -2.28. The van der Waals surface area contributed by atoms with E-state index in [-0.39, 0.29) is 49.0 Å². The topological polar surface area (TPSA) is 354 Å². The first kappa shape index (κ1) is 61.0. The van der Waals surface area contributed by atoms with Crippen molar-refractivity contribution in [1.29, 1.82) is 0 Å². The van der Waals surface area contributed by atoms with Crippen LogP contribution in [0.2, 0.25) is 0 Å². The Bertz CT molecular complexity index is 1630. The number of amides is 8. The molecule has 26 heteroatoms. The van der Waals surface area contributed by atoms with Crippen LogP contribution in [-0.4, -0.2) is 171 Å². The van der Waals surface area contributed by atoms with Crippen LogP contribution in [0, 0.1) is 11.8 Å². The molecule has 65 heavy (non-hydrogen) atoms. The lowest BCUT2D eigenvalue weighted by molar-refractivity contribution is -0.143. The van der Waals surface area contributed by atoms with Gasteiger partial charge in [-0.15, -0.1) is 0 Å². The van der Waals surface area contributed by atoms with Gasteiger partial charge in [-0.3, -0.25) is 43.2 Å². The average Bonchev–Trinajstić information content (AvgIpc) is 3.22. The fourth-order valence-electron chi connectivity index (χ4n) is 5.76. The number of thiol groups is 2. The molecular formula is C39H69N9O13S4. The van der Waals surface area contributed by atoms with Crippen molar-refractivity contribution in [2.75, 3.05) is 35.5 Å². The van der Waals surface area contributed by atoms with Gasteiger partial charge in [-0.05, 0) is 75.4 Å². The highest BCUT2D eigenvalue weighted by atomic mass is 32.2. The van der Waals surface area contributed by atoms with Gasteiger partial charge in [0.25, 0.3) is 0 Å². The van der Waals surface area contributed by atoms with Gasteiger partial charge in [-0.1, -0.05) is 27.7 Å². The Balaban J connectivity index is 6.34. The van der Waals surface area contributed by atoms with E-state index in [9.17, 15) is 63.3 Å². The highest BCUT2D eigenvalue weighted by Gasteiger charge is 2.36. The van der Waals surface area contributed by atoms with Crippen LogP contribution in [0.1, 0.15) is 73.6 Å². The van der Waals surface area contributed by atoms with Crippen LogP contribution < -0.4 is 48.3 Å². The number of carbonyl (C=O) groups excluding carboxylic acids is 8. The van der Waals surface area contributed by atoms with Crippen LogP contribution in [0.3, 0.4) is 0 Å². The quantitative estimate of drug-likeness (QED) is 0.0313. The Morgan fingerprint density at radius 2 is 0.892 bits per heavy atom. The van der Waals surface area contributed by atoms with E-state index in [1.165, 1.54) is 30.4 Å². The van der Waals surface area contributed by atoms with E-state index < -0.39 is 126 Å². The Kier molecular flexibility index (Phi) is 29.9. The lowest BCUT2D eigenvalue weighted by Crippen LogP contribution is -2.61. The zero-order chi connectivity index (χ0) is 50.1. The van der Waals surface area contributed by atoms with Gasteiger partial charge in [-0.25, -0.2) is 4.79 Å². The largest absolute Gasteiger partial charge is 0.481 e. The number of nitrogens with two attached hydrogens (primary N) is 1. The minimum atomic E-state index is -1.85. The molecule has 0 rings (SSSR count). The second-order valence-corrected chi connectivity index (χ2v) is 18.8. The van der Waals surface area contributed by atoms with Gasteiger partial charge in [0.05, 0.1) is 18.6 Å². The van der Waals surface area contributed by atoms with Gasteiger partial charge in [0.1, 0.15) is 48.3 Å². The predicted molar refractivity (Wildman–Crippen MR) is 253 cm³/mol. The zero-order valence-electron chi connectivity index (χ0n) is 38.0. The monoisotopic (exact) mass is 999 g/mol. The first-order valence-corrected chi connectivity index (χ1v) is 24.9. The smallest absolute Gasteiger partial charge is 0.327 e. The van der Waals surface area contributed by atoms with E-state index in [2.05, 4.69) is 67.8 Å². The van der Waals surface area contributed by atoms with Gasteiger partial charge in [0, 0.05) is 11.5 Å². The van der Waals surface area contributed by atoms with Crippen LogP contribution in [0.25, 0.3) is 0 Å². The number of carboxylic acids is 2. The van der Waals surface area contributed by atoms with Crippen molar-refractivity contribution in [3.8, 4) is 0 Å². The van der Waals surface area contributed by atoms with Crippen molar-refractivity contribution in [3.05, 3.63) is 0 Å². The number of rotatable bonds is 32. The van der Waals surface area contributed by atoms with Crippen molar-refractivity contribution in [1.82, 2.24) is 42.5 Å². The molecule has 0 saturated carbocycles. The van der Waals surface area contributed by atoms with E-state index in [4.69, 9.17) is 5.73 Å². The summed E-state index contributed by atoms with van der Waals surface area (Å²) in [6.45, 7) is 9.75. The summed E-state index contributed by atoms with van der Waals surface area (Å²) in [6.07, 6.45) is 1.29. The molecule has 0 aliphatic carbocycles. The van der Waals surface area contributed by atoms with Crippen LogP contribution >= 0.6 is 48.8 Å². The highest BCUT2D eigenvalue weighted by molar-refractivity contribution is 7.98. The number of hydrogen-bond acceptors (Lipinski definition) is 16. The van der Waals surface area contributed by atoms with E-state index in [0.717, 1.165) is 6.92 Å². The molecule has 0 saturated heterocycles. The van der Waals surface area contributed by atoms with Crippen LogP contribution in [0.5, 0.6) is 0 Å². The first-order valence-electron chi connectivity index (χ1n) is 20.8. The number of aliphatic hydroxyl groups is 1. The molecule has 0 unspecified atom stereocenters. The Morgan fingerprint density at radius 1 is 0.508 bits per heavy atom. The molecule has 0 aromatic carbocycles. The second-order valence-electron chi connectivity index (χ2n) is 16.1. The molecule has 0 heterocycles. The van der Waals surface area contributed by atoms with Gasteiger partial charge in [-0.2, -0.15) is 48.8 Å². The summed E-state index contributed by atoms with van der Waals surface area (Å²) >= 11 is 10.6. The maximum absolute atomic E-state index is 13.9. The summed E-state index contributed by atoms with van der Waals surface area (Å²) in [5, 5.41) is 48.7. The maximum Gasteiger partial charge on any atom is 0.327 e. The minimum absolute atomic E-state index is 0.0229. The number of hydrogen-bond donors (Lipinski definition) is 14. The number of thioether (sulfide) groups is 2. The summed E-state index contributed by atoms with van der Waals surface area (Å²) in [7, 11) is 0. The molecule has 22 nitrogen and oxygen atoms in total. The molecule has 0 bridgehead atoms. The first-order chi connectivity index (χ1) is 30.3. The Hall–Kier alpha value is -3.98. The number of carboxylic acid groups (broad SMARTS) is 2. The molecule has 0 aliphatic rings. The van der Waals surface area contributed by atoms with Crippen molar-refractivity contribution >= 4 is 108 Å². The summed E-state index contributed by atoms with van der Waals surface area (Å²) in [5.41, 5.74) is 5.76. The summed E-state index contributed by atoms with van der Waals surface area (Å²) < 4.78 is 0. The molecule has 0 aliphatic heterocycles. The van der Waals surface area contributed by atoms with Gasteiger partial charge < -0.3 is 63.6 Å². The molecule has 13 N–H and O–H groups in total. The van der Waals surface area contributed by atoms with Gasteiger partial charge in [0.15, 0.2) is 0 Å². The minimum Gasteiger partial charge on any atom is -0.481 e. The average molecular weight is 1000 g/mol. The fourth-order valence-corrected chi connectivity index (χ4v) is 7.12. The van der Waals surface area contributed by atoms with Gasteiger partial charge in [0.2, 0.25) is 47.3 Å². The van der Waals surface area contributed by atoms with E-state index in [0.29, 0.717) is 11.5 Å². The molecule has 0 fully saturated rings. The Labute approximate surface area is 399 Å². The van der Waals surface area contributed by atoms with Crippen molar-refractivity contribution in [2.24, 2.45) is 17.6 Å². The molecule has 0 aromatic rings. The summed E-state index contributed by atoms with van der Waals surface area (Å²) in [4.78, 5) is 130. The molecule has 0 aromatic heterocycles. The maximum atomic E-state index is 13.9. The standard InChI is InChI=1S/C39H69N9O13S4/c1-18(2)13-25(44-32(53)22(40)16-62)35(56)41-20(5)31(52)42-23(9-11-64-7)33(54)45-26(14-19(3)4)36(57)43-24(10-12-65-8)34(55)46-27(15-29(50)51)37(58)48-30(21(6)49)38(59)47-28(17-63)39(60)61/h18-28,30,49,62-63H,9-17,40H2,1-8H3,(H,41,56)(H,42,52)(H,43,57)(H,44,53)(H,45,54)(H,46,55)(H,47,59)(H,48,58)(H,50,51)(H,60,61)/t20-,21+,22-,23-,24-,25-,26-,27-,28-,30-/m0/s1. The molecule has 8 amide bonds. The molecule has 0 spiro atoms. The third kappa shape index (κ3) is 23.9. The third-order valence-corrected chi connectivity index (χ3v) is 11.4. The van der Waals surface area contributed by atoms with Crippen molar-refractivity contribution in [3.63, 3.8) is 0 Å². The third-order valence-electron chi connectivity index (χ3n) is 9.32. The molecular weight excluding hydrogens is 931 g/mol. The number of aliphatic carboxylic acids is 2. The van der Waals surface area contributed by atoms with Crippen molar-refractivity contribution in [2.45, 2.75) is 134 Å². The normalized spacial score (nSPS) is 15.8. The zero-order valence-corrected chi connectivity index (χ0v) is 41.4. The lowest BCUT2D eigenvalue weighted by atomic mass is 10.0. The van der Waals surface area contributed by atoms with Gasteiger partial charge >= 0.3 is 11.9 Å². The molecule has 10 atom stereocenters. The van der Waals surface area contributed by atoms with E-state index >= 15 is 0 Å². The molecule has 0 radical (unpaired) electrons. The van der Waals surface area contributed by atoms with Crippen LogP contribution in [-0.2, 0) is 47.9 Å². The fraction of sp³-hybridized carbons (Fsp3) is 0.744. The summed E-state index contributed by atoms with van der Waals surface area (Å²) in [6, 6.07) is -12.1. The highest BCUT2D eigenvalue weighted by Crippen LogP contribution is 2.11. The van der Waals surface area contributed by atoms with E-state index in [1.807, 2.05) is 13.8 Å². The van der Waals surface area contributed by atoms with Crippen LogP contribution in [0.4, 0.5) is 0 Å². The van der Waals surface area contributed by atoms with Crippen LogP contribution in [0.15, 0.2) is 0 Å². The predicted octanol–water partition coefficient (Wildman–Crippen LogP) is -2.39. The molecule has 372 valence electrons. The number of nitrogens with one attached hydrogen (secondary N) is 8. The Morgan fingerprint density at radius 3 is 1.29 bits per heavy atom. The van der Waals surface area contributed by atoms with Crippen molar-refractivity contribution < 1.29 is 63.3 Å². The number of carbonyl (C=O) groups is 10. The van der Waals surface area contributed by atoms with E-state index in [1.54, 1.807) is 26.4 Å². The number of aliphatic hydroxyl groups excluding tert-OH is 1. The summed E-state index contributed by atoms with van der Waals surface area (Å²) in [5.74, 6) is -9.70. The second kappa shape index (κ2) is 31.9. The SMILES string of the molecule is CSCC[C@H](NC(=O)[C@H](C)NC(=O)[C@H](CC(C)C)NC(=O)[C@@H](N)CS)C(=O)N[C@@H](CC(C)C)C(=O)N[C@@H](CCSC)C(=O)N[C@@H](CC(=O)O)C(=O)N[C@H](C(=O)N[C@@H](CS)C(=O)O)[C@@H](C)O.